The van der Waals surface area contributed by atoms with E-state index in [0.29, 0.717) is 28.3 Å². The fourth-order valence-electron chi connectivity index (χ4n) is 8.75. The Hall–Kier alpha value is -5.92. The quantitative estimate of drug-likeness (QED) is 0.0860. The summed E-state index contributed by atoms with van der Waals surface area (Å²) in [7, 11) is -3.14. The third-order valence-corrected chi connectivity index (χ3v) is 13.9. The Morgan fingerprint density at radius 1 is 0.776 bits per heavy atom. The normalized spacial score (nSPS) is 19.8. The fourth-order valence-corrected chi connectivity index (χ4v) is 11.3. The zero-order valence-electron chi connectivity index (χ0n) is 32.8. The number of nitrogens with zero attached hydrogens (tertiary/aromatic N) is 4. The zero-order chi connectivity index (χ0) is 41.0. The van der Waals surface area contributed by atoms with Gasteiger partial charge in [0, 0.05) is 52.9 Å². The Labute approximate surface area is 339 Å². The van der Waals surface area contributed by atoms with Crippen molar-refractivity contribution in [1.82, 2.24) is 4.90 Å². The average molecular weight is 797 g/mol. The van der Waals surface area contributed by atoms with Gasteiger partial charge in [0.05, 0.1) is 31.4 Å². The van der Waals surface area contributed by atoms with E-state index in [9.17, 15) is 24.3 Å². The highest BCUT2D eigenvalue weighted by Crippen LogP contribution is 2.60. The first-order valence-corrected chi connectivity index (χ1v) is 22.5. The Bertz CT molecular complexity index is 2240. The average Bonchev–Trinajstić information content (AvgIpc) is 3.65. The number of aliphatic hydroxyl groups is 1. The van der Waals surface area contributed by atoms with Crippen molar-refractivity contribution in [2.45, 2.75) is 56.8 Å². The molecule has 1 spiro atoms. The maximum absolute atomic E-state index is 15.3. The summed E-state index contributed by atoms with van der Waals surface area (Å²) in [4.78, 5) is 72.4. The van der Waals surface area contributed by atoms with Crippen molar-refractivity contribution in [3.63, 3.8) is 0 Å². The molecule has 2 heterocycles. The lowest BCUT2D eigenvalue weighted by atomic mass is 9.82. The first kappa shape index (κ1) is 40.3. The zero-order valence-corrected chi connectivity index (χ0v) is 33.8. The van der Waals surface area contributed by atoms with E-state index >= 15 is 4.79 Å². The van der Waals surface area contributed by atoms with Gasteiger partial charge in [0.1, 0.15) is 0 Å². The van der Waals surface area contributed by atoms with Crippen molar-refractivity contribution in [1.29, 1.82) is 0 Å². The SMILES string of the molecule is C[C@H]1[C@H]([Si](C)(C)O)[C@@H](CC(=O)N(CCO)Cc2ccccc2)O[C@]12C(=O)N(Cc1ccc(N(C=O)c3ccccc3)cc1)c1ccc(N(C=O)c3ccccc3)cc12. The van der Waals surface area contributed by atoms with Crippen LogP contribution in [0.1, 0.15) is 30.0 Å². The minimum absolute atomic E-state index is 0.108. The summed E-state index contributed by atoms with van der Waals surface area (Å²) in [5, 5.41) is 9.94. The lowest BCUT2D eigenvalue weighted by Crippen LogP contribution is -2.46. The maximum Gasteiger partial charge on any atom is 0.264 e. The number of fused-ring (bicyclic) bond motifs is 2. The highest BCUT2D eigenvalue weighted by molar-refractivity contribution is 6.71. The molecule has 12 heteroatoms. The van der Waals surface area contributed by atoms with Gasteiger partial charge in [-0.2, -0.15) is 0 Å². The smallest absolute Gasteiger partial charge is 0.264 e. The molecule has 7 rings (SSSR count). The largest absolute Gasteiger partial charge is 0.432 e. The predicted molar refractivity (Wildman–Crippen MR) is 226 cm³/mol. The van der Waals surface area contributed by atoms with E-state index in [0.717, 1.165) is 29.6 Å². The van der Waals surface area contributed by atoms with Crippen molar-refractivity contribution in [2.24, 2.45) is 5.92 Å². The molecule has 2 aliphatic heterocycles. The molecular weight excluding hydrogens is 749 g/mol. The minimum atomic E-state index is -3.14. The molecule has 1 saturated heterocycles. The number of aliphatic hydroxyl groups excluding tert-OH is 1. The van der Waals surface area contributed by atoms with Crippen LogP contribution in [0.4, 0.5) is 28.4 Å². The second-order valence-electron chi connectivity index (χ2n) is 15.5. The molecule has 0 unspecified atom stereocenters. The van der Waals surface area contributed by atoms with Gasteiger partial charge >= 0.3 is 0 Å². The first-order chi connectivity index (χ1) is 28.0. The number of para-hydroxylation sites is 2. The van der Waals surface area contributed by atoms with Crippen LogP contribution < -0.4 is 14.7 Å². The summed E-state index contributed by atoms with van der Waals surface area (Å²) in [6, 6.07) is 40.8. The molecule has 4 atom stereocenters. The Morgan fingerprint density at radius 3 is 1.86 bits per heavy atom. The van der Waals surface area contributed by atoms with E-state index in [1.807, 2.05) is 134 Å². The summed E-state index contributed by atoms with van der Waals surface area (Å²) in [5.41, 5.74) is 3.26. The second kappa shape index (κ2) is 16.9. The first-order valence-electron chi connectivity index (χ1n) is 19.5. The monoisotopic (exact) mass is 796 g/mol. The maximum atomic E-state index is 15.3. The highest BCUT2D eigenvalue weighted by atomic mass is 28.4. The van der Waals surface area contributed by atoms with Gasteiger partial charge in [-0.25, -0.2) is 0 Å². The van der Waals surface area contributed by atoms with Crippen LogP contribution in [0.5, 0.6) is 0 Å². The van der Waals surface area contributed by atoms with E-state index in [2.05, 4.69) is 0 Å². The topological polar surface area (TPSA) is 131 Å². The number of anilines is 5. The third-order valence-electron chi connectivity index (χ3n) is 11.4. The molecule has 1 fully saturated rings. The van der Waals surface area contributed by atoms with Crippen molar-refractivity contribution < 1.29 is 33.8 Å². The molecule has 5 aromatic rings. The molecule has 0 saturated carbocycles. The van der Waals surface area contributed by atoms with Crippen molar-refractivity contribution in [3.8, 4) is 0 Å². The Morgan fingerprint density at radius 2 is 1.31 bits per heavy atom. The van der Waals surface area contributed by atoms with Crippen LogP contribution in [-0.4, -0.2) is 67.0 Å². The number of ether oxygens (including phenoxy) is 1. The number of amides is 4. The molecule has 11 nitrogen and oxygen atoms in total. The molecule has 58 heavy (non-hydrogen) atoms. The molecule has 4 amide bonds. The van der Waals surface area contributed by atoms with E-state index in [-0.39, 0.29) is 44.5 Å². The number of carbonyl (C=O) groups excluding carboxylic acids is 4. The van der Waals surface area contributed by atoms with Gasteiger partial charge in [0.25, 0.3) is 5.91 Å². The second-order valence-corrected chi connectivity index (χ2v) is 19.4. The molecular formula is C46H48N4O7Si. The number of rotatable bonds is 15. The number of hydrogen-bond acceptors (Lipinski definition) is 7. The van der Waals surface area contributed by atoms with Crippen LogP contribution >= 0.6 is 0 Å². The summed E-state index contributed by atoms with van der Waals surface area (Å²) in [5.74, 6) is -1.16. The van der Waals surface area contributed by atoms with E-state index in [1.54, 1.807) is 33.9 Å². The van der Waals surface area contributed by atoms with Gasteiger partial charge in [-0.3, -0.25) is 29.0 Å². The van der Waals surface area contributed by atoms with E-state index in [1.165, 1.54) is 4.90 Å². The lowest BCUT2D eigenvalue weighted by Gasteiger charge is -2.33. The third kappa shape index (κ3) is 7.71. The van der Waals surface area contributed by atoms with E-state index < -0.39 is 31.5 Å². The Kier molecular flexibility index (Phi) is 11.7. The minimum Gasteiger partial charge on any atom is -0.432 e. The van der Waals surface area contributed by atoms with Crippen molar-refractivity contribution in [3.05, 3.63) is 150 Å². The molecule has 2 aliphatic rings. The predicted octanol–water partition coefficient (Wildman–Crippen LogP) is 7.03. The van der Waals surface area contributed by atoms with Crippen LogP contribution in [0.25, 0.3) is 0 Å². The van der Waals surface area contributed by atoms with Gasteiger partial charge in [-0.05, 0) is 78.8 Å². The van der Waals surface area contributed by atoms with Gasteiger partial charge in [-0.1, -0.05) is 85.8 Å². The van der Waals surface area contributed by atoms with E-state index in [4.69, 9.17) is 4.74 Å². The Balaban J connectivity index is 1.27. The molecule has 2 N–H and O–H groups in total. The highest BCUT2D eigenvalue weighted by Gasteiger charge is 2.66. The van der Waals surface area contributed by atoms with Crippen LogP contribution in [0.2, 0.25) is 18.6 Å². The molecule has 0 bridgehead atoms. The van der Waals surface area contributed by atoms with Crippen molar-refractivity contribution in [2.75, 3.05) is 27.9 Å². The van der Waals surface area contributed by atoms with Gasteiger partial charge in [-0.15, -0.1) is 0 Å². The van der Waals surface area contributed by atoms with Gasteiger partial charge < -0.3 is 24.4 Å². The summed E-state index contributed by atoms with van der Waals surface area (Å²) < 4.78 is 7.03. The lowest BCUT2D eigenvalue weighted by molar-refractivity contribution is -0.150. The van der Waals surface area contributed by atoms with Crippen LogP contribution in [0.15, 0.2) is 133 Å². The summed E-state index contributed by atoms with van der Waals surface area (Å²) in [6.07, 6.45) is 0.558. The standard InChI is InChI=1S/C46H48N4O7Si/c1-33-44(58(2,3)56)42(28-43(54)47(25-26-51)29-34-13-7-4-8-14-34)57-46(33)40-27-39(50(32-53)37-17-11-6-12-18-37)23-24-41(40)48(45(46)55)30-35-19-21-38(22-20-35)49(31-52)36-15-9-5-10-16-36/h4-24,27,31-33,42,44,51,56H,25-26,28-30H2,1-3H3/t33-,42+,44-,46+/m0/s1. The van der Waals surface area contributed by atoms with Gasteiger partial charge in [0.2, 0.25) is 18.7 Å². The molecule has 0 aliphatic carbocycles. The summed E-state index contributed by atoms with van der Waals surface area (Å²) >= 11 is 0. The number of hydrogen-bond donors (Lipinski definition) is 2. The van der Waals surface area contributed by atoms with Crippen molar-refractivity contribution >= 4 is 61.4 Å². The molecule has 5 aromatic carbocycles. The van der Waals surface area contributed by atoms with Crippen LogP contribution in [0, 0.1) is 5.92 Å². The van der Waals surface area contributed by atoms with Crippen LogP contribution in [-0.2, 0) is 42.6 Å². The number of benzene rings is 5. The van der Waals surface area contributed by atoms with Crippen LogP contribution in [0.3, 0.4) is 0 Å². The molecule has 0 radical (unpaired) electrons. The number of carbonyl (C=O) groups is 4. The summed E-state index contributed by atoms with van der Waals surface area (Å²) in [6.45, 7) is 5.86. The molecule has 0 aromatic heterocycles. The molecule has 298 valence electrons. The van der Waals surface area contributed by atoms with Gasteiger partial charge in [0.15, 0.2) is 13.9 Å². The fraction of sp³-hybridized carbons (Fsp3) is 0.261.